The van der Waals surface area contributed by atoms with Crippen molar-refractivity contribution in [2.45, 2.75) is 39.7 Å². The second-order valence-corrected chi connectivity index (χ2v) is 8.08. The summed E-state index contributed by atoms with van der Waals surface area (Å²) in [6, 6.07) is 19.3. The molecule has 5 nitrogen and oxygen atoms in total. The molecule has 0 atom stereocenters. The van der Waals surface area contributed by atoms with Crippen LogP contribution in [0.15, 0.2) is 65.2 Å². The molecular formula is C25H24FN3O2. The second kappa shape index (κ2) is 8.30. The van der Waals surface area contributed by atoms with Crippen LogP contribution in [0.5, 0.6) is 5.75 Å². The Morgan fingerprint density at radius 2 is 1.52 bits per heavy atom. The smallest absolute Gasteiger partial charge is 0.276 e. The van der Waals surface area contributed by atoms with Crippen LogP contribution in [0.25, 0.3) is 11.6 Å². The van der Waals surface area contributed by atoms with E-state index in [9.17, 15) is 4.39 Å². The lowest BCUT2D eigenvalue weighted by atomic mass is 9.78. The molecule has 0 aliphatic heterocycles. The van der Waals surface area contributed by atoms with Crippen LogP contribution >= 0.6 is 0 Å². The Bertz CT molecular complexity index is 1180. The van der Waals surface area contributed by atoms with Gasteiger partial charge in [-0.05, 0) is 49.2 Å². The van der Waals surface area contributed by atoms with Gasteiger partial charge in [0, 0.05) is 5.41 Å². The van der Waals surface area contributed by atoms with Crippen LogP contribution in [0.3, 0.4) is 0 Å². The highest BCUT2D eigenvalue weighted by Crippen LogP contribution is 2.32. The van der Waals surface area contributed by atoms with E-state index < -0.39 is 5.82 Å². The molecule has 0 amide bonds. The predicted molar refractivity (Wildman–Crippen MR) is 116 cm³/mol. The summed E-state index contributed by atoms with van der Waals surface area (Å²) < 4.78 is 25.1. The van der Waals surface area contributed by atoms with Gasteiger partial charge in [0.05, 0.1) is 0 Å². The van der Waals surface area contributed by atoms with Gasteiger partial charge in [0.25, 0.3) is 5.89 Å². The third-order valence-electron chi connectivity index (χ3n) is 5.39. The van der Waals surface area contributed by atoms with E-state index in [4.69, 9.17) is 9.26 Å². The summed E-state index contributed by atoms with van der Waals surface area (Å²) in [5, 5.41) is 3.74. The Morgan fingerprint density at radius 3 is 2.13 bits per heavy atom. The maximum Gasteiger partial charge on any atom is 0.276 e. The molecule has 0 bridgehead atoms. The first kappa shape index (κ1) is 20.7. The number of hydrogen-bond donors (Lipinski definition) is 0. The Balaban J connectivity index is 1.48. The molecule has 0 fully saturated rings. The standard InChI is InChI=1S/C25H24FN3O2/c1-16-5-7-18(8-6-16)25(3,4)19-9-11-20(12-10-19)30-15-23-21(26)13-14-22(28-23)24-27-17(2)29-31-24/h5-14H,15H2,1-4H3. The lowest BCUT2D eigenvalue weighted by molar-refractivity contribution is 0.294. The van der Waals surface area contributed by atoms with Crippen molar-refractivity contribution in [3.05, 3.63) is 94.7 Å². The fourth-order valence-electron chi connectivity index (χ4n) is 3.36. The molecular weight excluding hydrogens is 393 g/mol. The molecule has 0 saturated carbocycles. The normalized spacial score (nSPS) is 11.5. The number of rotatable bonds is 6. The highest BCUT2D eigenvalue weighted by atomic mass is 19.1. The minimum Gasteiger partial charge on any atom is -0.487 e. The highest BCUT2D eigenvalue weighted by molar-refractivity contribution is 5.46. The van der Waals surface area contributed by atoms with Crippen molar-refractivity contribution in [2.75, 3.05) is 0 Å². The molecule has 0 saturated heterocycles. The molecule has 4 aromatic rings. The molecule has 31 heavy (non-hydrogen) atoms. The van der Waals surface area contributed by atoms with Crippen molar-refractivity contribution in [3.63, 3.8) is 0 Å². The molecule has 2 heterocycles. The molecule has 158 valence electrons. The lowest BCUT2D eigenvalue weighted by Gasteiger charge is -2.26. The van der Waals surface area contributed by atoms with E-state index >= 15 is 0 Å². The maximum absolute atomic E-state index is 14.2. The third kappa shape index (κ3) is 4.48. The van der Waals surface area contributed by atoms with Gasteiger partial charge in [-0.1, -0.05) is 61.0 Å². The van der Waals surface area contributed by atoms with E-state index in [1.165, 1.54) is 28.8 Å². The average Bonchev–Trinajstić information content (AvgIpc) is 3.20. The number of hydrogen-bond acceptors (Lipinski definition) is 5. The monoisotopic (exact) mass is 417 g/mol. The first-order chi connectivity index (χ1) is 14.8. The van der Waals surface area contributed by atoms with Gasteiger partial charge in [0.2, 0.25) is 0 Å². The highest BCUT2D eigenvalue weighted by Gasteiger charge is 2.23. The van der Waals surface area contributed by atoms with Gasteiger partial charge >= 0.3 is 0 Å². The molecule has 2 aromatic heterocycles. The molecule has 0 N–H and O–H groups in total. The van der Waals surface area contributed by atoms with Crippen LogP contribution in [-0.2, 0) is 12.0 Å². The van der Waals surface area contributed by atoms with Crippen LogP contribution in [0, 0.1) is 19.7 Å². The number of aryl methyl sites for hydroxylation is 2. The van der Waals surface area contributed by atoms with Crippen molar-refractivity contribution in [2.24, 2.45) is 0 Å². The summed E-state index contributed by atoms with van der Waals surface area (Å²) in [6.07, 6.45) is 0. The Kier molecular flexibility index (Phi) is 5.55. The van der Waals surface area contributed by atoms with E-state index in [0.717, 1.165) is 0 Å². The molecule has 0 aliphatic carbocycles. The second-order valence-electron chi connectivity index (χ2n) is 8.08. The number of ether oxygens (including phenoxy) is 1. The largest absolute Gasteiger partial charge is 0.487 e. The van der Waals surface area contributed by atoms with Gasteiger partial charge in [-0.2, -0.15) is 4.98 Å². The molecule has 2 aromatic carbocycles. The molecule has 6 heteroatoms. The summed E-state index contributed by atoms with van der Waals surface area (Å²) in [4.78, 5) is 8.41. The average molecular weight is 417 g/mol. The Hall–Kier alpha value is -3.54. The van der Waals surface area contributed by atoms with Gasteiger partial charge in [-0.3, -0.25) is 0 Å². The fourth-order valence-corrected chi connectivity index (χ4v) is 3.36. The minimum atomic E-state index is -0.447. The van der Waals surface area contributed by atoms with Crippen LogP contribution in [-0.4, -0.2) is 15.1 Å². The summed E-state index contributed by atoms with van der Waals surface area (Å²) in [5.74, 6) is 0.940. The number of benzene rings is 2. The zero-order valence-electron chi connectivity index (χ0n) is 18.0. The van der Waals surface area contributed by atoms with Crippen molar-refractivity contribution < 1.29 is 13.7 Å². The minimum absolute atomic E-state index is 0.00645. The number of halogens is 1. The van der Waals surface area contributed by atoms with Gasteiger partial charge in [-0.25, -0.2) is 9.37 Å². The Labute approximate surface area is 180 Å². The topological polar surface area (TPSA) is 61.0 Å². The first-order valence-electron chi connectivity index (χ1n) is 10.1. The maximum atomic E-state index is 14.2. The van der Waals surface area contributed by atoms with Crippen LogP contribution in [0.4, 0.5) is 4.39 Å². The Morgan fingerprint density at radius 1 is 0.871 bits per heavy atom. The van der Waals surface area contributed by atoms with Crippen LogP contribution in [0.1, 0.15) is 42.1 Å². The molecule has 0 spiro atoms. The van der Waals surface area contributed by atoms with Gasteiger partial charge < -0.3 is 9.26 Å². The quantitative estimate of drug-likeness (QED) is 0.397. The van der Waals surface area contributed by atoms with E-state index in [-0.39, 0.29) is 23.6 Å². The summed E-state index contributed by atoms with van der Waals surface area (Å²) >= 11 is 0. The van der Waals surface area contributed by atoms with Gasteiger partial charge in [0.1, 0.15) is 29.6 Å². The van der Waals surface area contributed by atoms with Crippen molar-refractivity contribution in [3.8, 4) is 17.3 Å². The molecule has 0 unspecified atom stereocenters. The molecule has 0 aliphatic rings. The molecule has 0 radical (unpaired) electrons. The number of aromatic nitrogens is 3. The third-order valence-corrected chi connectivity index (χ3v) is 5.39. The van der Waals surface area contributed by atoms with E-state index in [2.05, 4.69) is 60.2 Å². The van der Waals surface area contributed by atoms with Crippen molar-refractivity contribution >= 4 is 0 Å². The van der Waals surface area contributed by atoms with E-state index in [0.29, 0.717) is 17.3 Å². The van der Waals surface area contributed by atoms with Gasteiger partial charge in [-0.15, -0.1) is 0 Å². The van der Waals surface area contributed by atoms with Crippen LogP contribution in [0.2, 0.25) is 0 Å². The van der Waals surface area contributed by atoms with E-state index in [1.807, 2.05) is 24.3 Å². The van der Waals surface area contributed by atoms with Gasteiger partial charge in [0.15, 0.2) is 5.82 Å². The molecule has 4 rings (SSSR count). The zero-order valence-corrected chi connectivity index (χ0v) is 18.0. The van der Waals surface area contributed by atoms with E-state index in [1.54, 1.807) is 6.92 Å². The number of pyridine rings is 1. The number of nitrogens with zero attached hydrogens (tertiary/aromatic N) is 3. The summed E-state index contributed by atoms with van der Waals surface area (Å²) in [6.45, 7) is 8.17. The fraction of sp³-hybridized carbons (Fsp3) is 0.240. The SMILES string of the molecule is Cc1ccc(C(C)(C)c2ccc(OCc3nc(-c4nc(C)no4)ccc3F)cc2)cc1. The van der Waals surface area contributed by atoms with Crippen LogP contribution < -0.4 is 4.74 Å². The van der Waals surface area contributed by atoms with Crippen molar-refractivity contribution in [1.29, 1.82) is 0 Å². The first-order valence-corrected chi connectivity index (χ1v) is 10.1. The summed E-state index contributed by atoms with van der Waals surface area (Å²) in [7, 11) is 0. The van der Waals surface area contributed by atoms with Crippen molar-refractivity contribution in [1.82, 2.24) is 15.1 Å². The lowest BCUT2D eigenvalue weighted by Crippen LogP contribution is -2.18. The predicted octanol–water partition coefficient (Wildman–Crippen LogP) is 5.79. The summed E-state index contributed by atoms with van der Waals surface area (Å²) in [5.41, 5.74) is 4.10. The zero-order chi connectivity index (χ0) is 22.0.